The first kappa shape index (κ1) is 17.5. The Morgan fingerprint density at radius 1 is 0.966 bits per heavy atom. The van der Waals surface area contributed by atoms with Gasteiger partial charge in [-0.1, -0.05) is 30.3 Å². The van der Waals surface area contributed by atoms with E-state index in [9.17, 15) is 9.59 Å². The Labute approximate surface area is 168 Å². The van der Waals surface area contributed by atoms with Crippen LogP contribution in [0.4, 0.5) is 11.4 Å². The van der Waals surface area contributed by atoms with Crippen LogP contribution in [0.2, 0.25) is 0 Å². The highest BCUT2D eigenvalue weighted by atomic mass is 16.3. The molecule has 1 aliphatic carbocycles. The quantitative estimate of drug-likeness (QED) is 0.668. The number of furan rings is 1. The Balaban J connectivity index is 1.77. The number of ketones is 1. The summed E-state index contributed by atoms with van der Waals surface area (Å²) in [6, 6.07) is 19.8. The van der Waals surface area contributed by atoms with Gasteiger partial charge in [0, 0.05) is 23.3 Å². The summed E-state index contributed by atoms with van der Waals surface area (Å²) in [5.74, 6) is 0.461. The molecule has 0 saturated carbocycles. The van der Waals surface area contributed by atoms with E-state index in [-0.39, 0.29) is 11.7 Å². The van der Waals surface area contributed by atoms with Crippen LogP contribution < -0.4 is 10.2 Å². The molecule has 2 aromatic carbocycles. The Bertz CT molecular complexity index is 1100. The van der Waals surface area contributed by atoms with Gasteiger partial charge >= 0.3 is 0 Å². The highest BCUT2D eigenvalue weighted by molar-refractivity contribution is 6.11. The molecule has 0 saturated heterocycles. The number of fused-ring (bicyclic) bond motifs is 1. The Morgan fingerprint density at radius 2 is 1.76 bits per heavy atom. The molecule has 1 atom stereocenters. The van der Waals surface area contributed by atoms with Crippen LogP contribution in [-0.4, -0.2) is 11.7 Å². The number of hydrogen-bond donors (Lipinski definition) is 1. The molecule has 1 N–H and O–H groups in total. The molecule has 0 radical (unpaired) electrons. The maximum atomic E-state index is 13.7. The highest BCUT2D eigenvalue weighted by Crippen LogP contribution is 2.45. The minimum absolute atomic E-state index is 0.0545. The van der Waals surface area contributed by atoms with Crippen LogP contribution in [0.5, 0.6) is 0 Å². The summed E-state index contributed by atoms with van der Waals surface area (Å²) in [6.07, 6.45) is 3.62. The molecular weight excluding hydrogens is 364 g/mol. The lowest BCUT2D eigenvalue weighted by Crippen LogP contribution is -2.37. The van der Waals surface area contributed by atoms with E-state index in [0.717, 1.165) is 29.9 Å². The van der Waals surface area contributed by atoms with Crippen LogP contribution >= 0.6 is 0 Å². The SMILES string of the molecule is O=C1CCCC2=C1C(c1ccco1)N(C(=O)c1ccccc1)c1ccccc1N2. The summed E-state index contributed by atoms with van der Waals surface area (Å²) in [7, 11) is 0. The third-order valence-electron chi connectivity index (χ3n) is 5.49. The monoisotopic (exact) mass is 384 g/mol. The van der Waals surface area contributed by atoms with Crippen LogP contribution in [0.1, 0.15) is 41.4 Å². The van der Waals surface area contributed by atoms with E-state index in [1.807, 2.05) is 48.5 Å². The van der Waals surface area contributed by atoms with Crippen LogP contribution in [0.15, 0.2) is 88.7 Å². The second kappa shape index (κ2) is 7.09. The molecule has 0 bridgehead atoms. The summed E-state index contributed by atoms with van der Waals surface area (Å²) < 4.78 is 5.75. The molecule has 1 amide bonds. The minimum atomic E-state index is -0.614. The average molecular weight is 384 g/mol. The number of hydrogen-bond acceptors (Lipinski definition) is 4. The first-order valence-electron chi connectivity index (χ1n) is 9.78. The molecule has 0 fully saturated rings. The van der Waals surface area contributed by atoms with Gasteiger partial charge in [-0.15, -0.1) is 0 Å². The van der Waals surface area contributed by atoms with Crippen molar-refractivity contribution < 1.29 is 14.0 Å². The molecule has 2 heterocycles. The molecule has 29 heavy (non-hydrogen) atoms. The maximum Gasteiger partial charge on any atom is 0.259 e. The number of carbonyl (C=O) groups is 2. The molecule has 5 heteroatoms. The van der Waals surface area contributed by atoms with Crippen LogP contribution in [-0.2, 0) is 4.79 Å². The van der Waals surface area contributed by atoms with E-state index in [2.05, 4.69) is 5.32 Å². The molecule has 1 unspecified atom stereocenters. The molecule has 5 rings (SSSR count). The van der Waals surface area contributed by atoms with Gasteiger partial charge in [0.1, 0.15) is 11.8 Å². The number of anilines is 2. The zero-order valence-corrected chi connectivity index (χ0v) is 15.8. The molecule has 1 aromatic heterocycles. The first-order valence-corrected chi connectivity index (χ1v) is 9.78. The molecule has 5 nitrogen and oxygen atoms in total. The van der Waals surface area contributed by atoms with Crippen molar-refractivity contribution in [3.63, 3.8) is 0 Å². The summed E-state index contributed by atoms with van der Waals surface area (Å²) in [5, 5.41) is 3.44. The van der Waals surface area contributed by atoms with Gasteiger partial charge in [0.15, 0.2) is 5.78 Å². The van der Waals surface area contributed by atoms with Crippen molar-refractivity contribution in [2.45, 2.75) is 25.3 Å². The van der Waals surface area contributed by atoms with Crippen molar-refractivity contribution in [1.29, 1.82) is 0 Å². The van der Waals surface area contributed by atoms with Gasteiger partial charge in [0.25, 0.3) is 5.91 Å². The summed E-state index contributed by atoms with van der Waals surface area (Å²) >= 11 is 0. The van der Waals surface area contributed by atoms with Gasteiger partial charge in [0.05, 0.1) is 17.6 Å². The smallest absolute Gasteiger partial charge is 0.259 e. The number of allylic oxidation sites excluding steroid dienone is 1. The number of amides is 1. The fourth-order valence-electron chi connectivity index (χ4n) is 4.19. The lowest BCUT2D eigenvalue weighted by molar-refractivity contribution is -0.116. The van der Waals surface area contributed by atoms with E-state index in [0.29, 0.717) is 23.3 Å². The number of carbonyl (C=O) groups excluding carboxylic acids is 2. The Morgan fingerprint density at radius 3 is 2.55 bits per heavy atom. The van der Waals surface area contributed by atoms with Gasteiger partial charge in [-0.2, -0.15) is 0 Å². The first-order chi connectivity index (χ1) is 14.2. The molecule has 0 spiro atoms. The molecular formula is C24H20N2O3. The van der Waals surface area contributed by atoms with Crippen LogP contribution in [0.3, 0.4) is 0 Å². The van der Waals surface area contributed by atoms with Crippen molar-refractivity contribution in [3.05, 3.63) is 95.6 Å². The summed E-state index contributed by atoms with van der Waals surface area (Å²) in [5.41, 5.74) is 3.59. The van der Waals surface area contributed by atoms with Gasteiger partial charge in [-0.3, -0.25) is 14.5 Å². The van der Waals surface area contributed by atoms with Gasteiger partial charge in [0.2, 0.25) is 0 Å². The number of Topliss-reactive ketones (excluding diaryl/α,β-unsaturated/α-hetero) is 1. The minimum Gasteiger partial charge on any atom is -0.467 e. The largest absolute Gasteiger partial charge is 0.467 e. The number of para-hydroxylation sites is 2. The van der Waals surface area contributed by atoms with Gasteiger partial charge in [-0.05, 0) is 49.2 Å². The Kier molecular flexibility index (Phi) is 4.28. The third kappa shape index (κ3) is 2.95. The number of nitrogens with one attached hydrogen (secondary N) is 1. The van der Waals surface area contributed by atoms with E-state index in [1.165, 1.54) is 0 Å². The normalized spacial score (nSPS) is 18.6. The van der Waals surface area contributed by atoms with Crippen molar-refractivity contribution in [2.24, 2.45) is 0 Å². The van der Waals surface area contributed by atoms with Gasteiger partial charge in [-0.25, -0.2) is 0 Å². The third-order valence-corrected chi connectivity index (χ3v) is 5.49. The standard InChI is InChI=1S/C24H20N2O3/c27-20-13-6-11-18-22(20)23(21-14-7-15-29-21)26(19-12-5-4-10-17(19)25-18)24(28)16-8-2-1-3-9-16/h1-5,7-10,12,14-15,23,25H,6,11,13H2. The maximum absolute atomic E-state index is 13.7. The number of rotatable bonds is 2. The van der Waals surface area contributed by atoms with Crippen molar-refractivity contribution in [3.8, 4) is 0 Å². The van der Waals surface area contributed by atoms with Crippen LogP contribution in [0.25, 0.3) is 0 Å². The second-order valence-corrected chi connectivity index (χ2v) is 7.27. The van der Waals surface area contributed by atoms with Crippen molar-refractivity contribution in [1.82, 2.24) is 0 Å². The van der Waals surface area contributed by atoms with E-state index in [1.54, 1.807) is 29.4 Å². The zero-order valence-electron chi connectivity index (χ0n) is 15.8. The average Bonchev–Trinajstić information content (AvgIpc) is 3.23. The van der Waals surface area contributed by atoms with E-state index in [4.69, 9.17) is 4.42 Å². The number of nitrogens with zero attached hydrogens (tertiary/aromatic N) is 1. The van der Waals surface area contributed by atoms with E-state index >= 15 is 0 Å². The summed E-state index contributed by atoms with van der Waals surface area (Å²) in [6.45, 7) is 0. The molecule has 2 aliphatic rings. The van der Waals surface area contributed by atoms with Crippen LogP contribution in [0, 0.1) is 0 Å². The second-order valence-electron chi connectivity index (χ2n) is 7.27. The summed E-state index contributed by atoms with van der Waals surface area (Å²) in [4.78, 5) is 28.5. The predicted octanol–water partition coefficient (Wildman–Crippen LogP) is 5.10. The fraction of sp³-hybridized carbons (Fsp3) is 0.167. The zero-order chi connectivity index (χ0) is 19.8. The van der Waals surface area contributed by atoms with E-state index < -0.39 is 6.04 Å². The molecule has 1 aliphatic heterocycles. The fourth-order valence-corrected chi connectivity index (χ4v) is 4.19. The lowest BCUT2D eigenvalue weighted by atomic mass is 9.88. The predicted molar refractivity (Wildman–Crippen MR) is 111 cm³/mol. The van der Waals surface area contributed by atoms with Crippen molar-refractivity contribution >= 4 is 23.1 Å². The topological polar surface area (TPSA) is 62.6 Å². The molecule has 144 valence electrons. The molecule has 3 aromatic rings. The van der Waals surface area contributed by atoms with Crippen molar-refractivity contribution in [2.75, 3.05) is 10.2 Å². The number of benzene rings is 2. The highest BCUT2D eigenvalue weighted by Gasteiger charge is 2.41. The lowest BCUT2D eigenvalue weighted by Gasteiger charge is -2.32. The van der Waals surface area contributed by atoms with Gasteiger partial charge < -0.3 is 9.73 Å². The Hall–Kier alpha value is -3.60.